The summed E-state index contributed by atoms with van der Waals surface area (Å²) in [7, 11) is 0. The summed E-state index contributed by atoms with van der Waals surface area (Å²) in [5, 5.41) is 1.04. The second-order valence-corrected chi connectivity index (χ2v) is 26.7. The van der Waals surface area contributed by atoms with Crippen LogP contribution in [0.4, 0.5) is 0 Å². The Hall–Kier alpha value is -3.12. The molecule has 0 bridgehead atoms. The van der Waals surface area contributed by atoms with Crippen LogP contribution >= 0.6 is 0 Å². The smallest absolute Gasteiger partial charge is 0 e. The molecule has 2 saturated carbocycles. The number of fused-ring (bicyclic) bond motifs is 3. The normalized spacial score (nSPS) is 16.2. The molecule has 6 heteroatoms. The van der Waals surface area contributed by atoms with Crippen molar-refractivity contribution in [2.24, 2.45) is 11.8 Å². The van der Waals surface area contributed by atoms with E-state index < -0.39 is 13.3 Å². The van der Waals surface area contributed by atoms with Crippen molar-refractivity contribution >= 4 is 39.7 Å². The average molecular weight is 929 g/mol. The van der Waals surface area contributed by atoms with Gasteiger partial charge in [0.05, 0.1) is 11.1 Å². The van der Waals surface area contributed by atoms with Crippen molar-refractivity contribution in [3.05, 3.63) is 108 Å². The van der Waals surface area contributed by atoms with Crippen molar-refractivity contribution in [1.29, 1.82) is 0 Å². The quantitative estimate of drug-likeness (QED) is 0.118. The zero-order valence-corrected chi connectivity index (χ0v) is 36.1. The molecular weight excluding hydrogens is 875 g/mol. The van der Waals surface area contributed by atoms with Crippen LogP contribution in [-0.2, 0) is 26.5 Å². The Bertz CT molecular complexity index is 2070. The van der Waals surface area contributed by atoms with Gasteiger partial charge in [-0.1, -0.05) is 56.0 Å². The second-order valence-electron chi connectivity index (χ2n) is 16.1. The molecule has 4 aromatic heterocycles. The first kappa shape index (κ1) is 38.6. The van der Waals surface area contributed by atoms with Gasteiger partial charge in [0.2, 0.25) is 0 Å². The van der Waals surface area contributed by atoms with Crippen molar-refractivity contribution in [1.82, 2.24) is 15.0 Å². The molecule has 0 aliphatic heterocycles. The topological polar surface area (TPSA) is 51.8 Å². The summed E-state index contributed by atoms with van der Waals surface area (Å²) in [5.74, 6) is 9.65. The Morgan fingerprint density at radius 3 is 2.31 bits per heavy atom. The minimum absolute atomic E-state index is 0. The molecule has 2 fully saturated rings. The van der Waals surface area contributed by atoms with E-state index in [2.05, 4.69) is 83.9 Å². The number of aromatic nitrogens is 3. The van der Waals surface area contributed by atoms with E-state index in [1.54, 1.807) is 9.96 Å². The second kappa shape index (κ2) is 17.4. The van der Waals surface area contributed by atoms with E-state index in [9.17, 15) is 0 Å². The van der Waals surface area contributed by atoms with Gasteiger partial charge in [-0.3, -0.25) is 4.98 Å². The molecule has 2 aromatic carbocycles. The van der Waals surface area contributed by atoms with Crippen LogP contribution < -0.4 is 4.40 Å². The molecule has 1 unspecified atom stereocenters. The van der Waals surface area contributed by atoms with Crippen molar-refractivity contribution in [3.8, 4) is 22.5 Å². The van der Waals surface area contributed by atoms with Gasteiger partial charge in [0.15, 0.2) is 0 Å². The Morgan fingerprint density at radius 1 is 0.846 bits per heavy atom. The number of hydrogen-bond acceptors (Lipinski definition) is 4. The number of hydrogen-bond donors (Lipinski definition) is 0. The molecule has 4 nitrogen and oxygen atoms in total. The van der Waals surface area contributed by atoms with Gasteiger partial charge >= 0.3 is 144 Å². The third kappa shape index (κ3) is 8.97. The number of benzene rings is 2. The van der Waals surface area contributed by atoms with E-state index in [-0.39, 0.29) is 20.1 Å². The van der Waals surface area contributed by atoms with E-state index in [0.717, 1.165) is 62.1 Å². The predicted octanol–water partition coefficient (Wildman–Crippen LogP) is 12.0. The van der Waals surface area contributed by atoms with E-state index in [4.69, 9.17) is 14.4 Å². The molecule has 8 rings (SSSR count). The summed E-state index contributed by atoms with van der Waals surface area (Å²) in [4.78, 5) is 14.2. The summed E-state index contributed by atoms with van der Waals surface area (Å²) in [6.07, 6.45) is 19.3. The van der Waals surface area contributed by atoms with Crippen molar-refractivity contribution in [2.75, 3.05) is 0 Å². The molecule has 6 aromatic rings. The third-order valence-electron chi connectivity index (χ3n) is 11.3. The Kier molecular flexibility index (Phi) is 12.9. The molecule has 0 saturated heterocycles. The molecule has 0 spiro atoms. The maximum absolute atomic E-state index is 6.18. The van der Waals surface area contributed by atoms with Crippen molar-refractivity contribution < 1.29 is 24.5 Å². The maximum atomic E-state index is 6.18. The first-order chi connectivity index (χ1) is 24.7. The maximum Gasteiger partial charge on any atom is 0 e. The number of furan rings is 1. The van der Waals surface area contributed by atoms with E-state index >= 15 is 0 Å². The monoisotopic (exact) mass is 930 g/mol. The molecule has 1 atom stereocenters. The van der Waals surface area contributed by atoms with Crippen molar-refractivity contribution in [3.63, 3.8) is 0 Å². The number of pyridine rings is 3. The number of rotatable bonds is 7. The molecule has 52 heavy (non-hydrogen) atoms. The van der Waals surface area contributed by atoms with Gasteiger partial charge in [-0.05, 0) is 55.1 Å². The minimum Gasteiger partial charge on any atom is 0 e. The third-order valence-corrected chi connectivity index (χ3v) is 15.7. The van der Waals surface area contributed by atoms with Crippen LogP contribution in [0, 0.1) is 30.9 Å². The van der Waals surface area contributed by atoms with Gasteiger partial charge in [-0.15, -0.1) is 11.6 Å². The Labute approximate surface area is 327 Å². The van der Waals surface area contributed by atoms with E-state index in [1.807, 2.05) is 43.5 Å². The molecule has 1 radical (unpaired) electrons. The zero-order chi connectivity index (χ0) is 35.4. The molecule has 0 N–H and O–H groups in total. The Morgan fingerprint density at radius 2 is 1.58 bits per heavy atom. The summed E-state index contributed by atoms with van der Waals surface area (Å²) in [6, 6.07) is 29.8. The van der Waals surface area contributed by atoms with Gasteiger partial charge in [-0.25, -0.2) is 0 Å². The standard InChI is InChI=1S/C25H25N2O.C21H28GeN.Ir/c1-16-14-21(25-24(27-16)20-10-6-7-11-23(20)28-25)22-15-19(12-13-26-22)17(2)18-8-4-3-5-9-18;1-22(2,3)20-16-23-21(18-12-8-5-9-13-18)15-19(20)14-17-10-6-4-7-11-17;/h6-7,10-13,15,17-18H,3-5,8-9H2,1-2H3;5,8-9,12,15-17H,4,6-7,10-11,14H2,1-3H3;/q2*-1;. The van der Waals surface area contributed by atoms with Crippen LogP contribution in [0.15, 0.2) is 83.5 Å². The first-order valence-corrected chi connectivity index (χ1v) is 26.7. The van der Waals surface area contributed by atoms with Crippen LogP contribution in [0.3, 0.4) is 0 Å². The van der Waals surface area contributed by atoms with Crippen molar-refractivity contribution in [2.45, 2.75) is 108 Å². The SMILES string of the molecule is Cc1[c-]c(-c2cc(C(C)C3CCCCC3)ccn2)c2oc3ccccc3c2n1.[CH3][Ge]([CH3])([CH3])[c]1cnc(-c2[c-]cccc2)cc1CC1CCCCC1.[Ir]. The average Bonchev–Trinajstić information content (AvgIpc) is 3.53. The molecular formula is C46H53GeIrN3O-2. The summed E-state index contributed by atoms with van der Waals surface area (Å²) >= 11 is -1.89. The van der Waals surface area contributed by atoms with Crippen LogP contribution in [0.5, 0.6) is 0 Å². The van der Waals surface area contributed by atoms with Crippen LogP contribution in [0.25, 0.3) is 44.6 Å². The van der Waals surface area contributed by atoms with Gasteiger partial charge in [-0.2, -0.15) is 0 Å². The van der Waals surface area contributed by atoms with Gasteiger partial charge in [0, 0.05) is 31.7 Å². The van der Waals surface area contributed by atoms with Crippen LogP contribution in [-0.4, -0.2) is 28.2 Å². The summed E-state index contributed by atoms with van der Waals surface area (Å²) < 4.78 is 7.77. The summed E-state index contributed by atoms with van der Waals surface area (Å²) in [6.45, 7) is 4.35. The summed E-state index contributed by atoms with van der Waals surface area (Å²) in [5.41, 5.74) is 10.4. The largest absolute Gasteiger partial charge is 0 e. The van der Waals surface area contributed by atoms with Gasteiger partial charge < -0.3 is 9.40 Å². The molecule has 2 aliphatic carbocycles. The minimum atomic E-state index is -1.89. The van der Waals surface area contributed by atoms with E-state index in [1.165, 1.54) is 76.2 Å². The van der Waals surface area contributed by atoms with Gasteiger partial charge in [0.1, 0.15) is 5.58 Å². The fourth-order valence-corrected chi connectivity index (χ4v) is 11.8. The molecule has 0 amide bonds. The number of aryl methyl sites for hydroxylation is 1. The number of nitrogens with zero attached hydrogens (tertiary/aromatic N) is 3. The molecule has 2 aliphatic rings. The predicted molar refractivity (Wildman–Crippen MR) is 215 cm³/mol. The fraction of sp³-hybridized carbons (Fsp3) is 0.413. The first-order valence-electron chi connectivity index (χ1n) is 19.4. The van der Waals surface area contributed by atoms with Crippen LogP contribution in [0.1, 0.15) is 93.9 Å². The fourth-order valence-electron chi connectivity index (χ4n) is 8.44. The zero-order valence-electron chi connectivity index (χ0n) is 31.6. The number of para-hydroxylation sites is 1. The molecule has 4 heterocycles. The Balaban J connectivity index is 0.000000179. The van der Waals surface area contributed by atoms with Crippen LogP contribution in [0.2, 0.25) is 17.3 Å². The molecule has 273 valence electrons. The van der Waals surface area contributed by atoms with Gasteiger partial charge in [0.25, 0.3) is 0 Å². The van der Waals surface area contributed by atoms with E-state index in [0.29, 0.717) is 5.92 Å².